The van der Waals surface area contributed by atoms with E-state index in [1.807, 2.05) is 0 Å². The van der Waals surface area contributed by atoms with E-state index in [2.05, 4.69) is 51.2 Å². The number of amides is 3. The van der Waals surface area contributed by atoms with Gasteiger partial charge in [-0.25, -0.2) is 4.79 Å². The zero-order valence-electron chi connectivity index (χ0n) is 22.9. The molecule has 1 aliphatic rings. The molecule has 1 heterocycles. The Hall–Kier alpha value is -3.13. The quantitative estimate of drug-likeness (QED) is 0.156. The Labute approximate surface area is 230 Å². The molecular weight excluding hydrogens is 500 g/mol. The molecule has 7 nitrogen and oxygen atoms in total. The number of nitrogens with one attached hydrogen (secondary N) is 1. The summed E-state index contributed by atoms with van der Waals surface area (Å²) in [7, 11) is 0. The summed E-state index contributed by atoms with van der Waals surface area (Å²) < 4.78 is 0. The first kappa shape index (κ1) is 31.1. The van der Waals surface area contributed by atoms with Crippen molar-refractivity contribution in [2.24, 2.45) is 0 Å². The molecule has 3 amide bonds. The molecule has 1 aliphatic heterocycles. The molecule has 0 spiro atoms. The zero-order chi connectivity index (χ0) is 28.1. The van der Waals surface area contributed by atoms with Gasteiger partial charge in [-0.1, -0.05) is 47.1 Å². The van der Waals surface area contributed by atoms with Gasteiger partial charge in [-0.05, 0) is 71.9 Å². The average Bonchev–Trinajstić information content (AvgIpc) is 3.10. The van der Waals surface area contributed by atoms with Crippen molar-refractivity contribution in [1.29, 1.82) is 0 Å². The first-order valence-corrected chi connectivity index (χ1v) is 14.2. The lowest BCUT2D eigenvalue weighted by molar-refractivity contribution is -0.141. The topological polar surface area (TPSA) is 104 Å². The molecule has 1 aromatic carbocycles. The maximum absolute atomic E-state index is 12.4. The summed E-state index contributed by atoms with van der Waals surface area (Å²) in [6.07, 6.45) is 11.1. The van der Waals surface area contributed by atoms with Gasteiger partial charge in [0.15, 0.2) is 0 Å². The number of carboxylic acids is 1. The van der Waals surface area contributed by atoms with Gasteiger partial charge < -0.3 is 10.4 Å². The molecule has 2 N–H and O–H groups in total. The largest absolute Gasteiger partial charge is 0.480 e. The normalized spacial score (nSPS) is 14.4. The summed E-state index contributed by atoms with van der Waals surface area (Å²) in [6, 6.07) is 5.64. The van der Waals surface area contributed by atoms with Crippen molar-refractivity contribution in [3.05, 3.63) is 70.3 Å². The molecule has 1 aromatic rings. The number of fused-ring (bicyclic) bond motifs is 1. The Kier molecular flexibility index (Phi) is 13.1. The molecule has 0 bridgehead atoms. The second-order valence-corrected chi connectivity index (χ2v) is 10.9. The summed E-state index contributed by atoms with van der Waals surface area (Å²) in [5, 5.41) is 12.1. The fourth-order valence-electron chi connectivity index (χ4n) is 4.01. The molecule has 0 unspecified atom stereocenters. The third-order valence-corrected chi connectivity index (χ3v) is 7.23. The first-order chi connectivity index (χ1) is 18.1. The van der Waals surface area contributed by atoms with Crippen molar-refractivity contribution in [3.63, 3.8) is 0 Å². The van der Waals surface area contributed by atoms with Gasteiger partial charge in [0.05, 0.1) is 11.1 Å². The molecule has 0 aromatic heterocycles. The van der Waals surface area contributed by atoms with Gasteiger partial charge in [-0.15, -0.1) is 0 Å². The maximum atomic E-state index is 12.4. The van der Waals surface area contributed by atoms with Gasteiger partial charge in [-0.3, -0.25) is 19.3 Å². The molecule has 0 saturated carbocycles. The van der Waals surface area contributed by atoms with Gasteiger partial charge >= 0.3 is 5.97 Å². The lowest BCUT2D eigenvalue weighted by Crippen LogP contribution is -2.43. The highest BCUT2D eigenvalue weighted by Crippen LogP contribution is 2.22. The van der Waals surface area contributed by atoms with Gasteiger partial charge in [0, 0.05) is 24.5 Å². The minimum Gasteiger partial charge on any atom is -0.480 e. The number of hydrogen-bond donors (Lipinski definition) is 2. The maximum Gasteiger partial charge on any atom is 0.327 e. The van der Waals surface area contributed by atoms with Gasteiger partial charge in [0.2, 0.25) is 5.91 Å². The molecule has 0 fully saturated rings. The number of benzene rings is 1. The number of thioether (sulfide) groups is 1. The van der Waals surface area contributed by atoms with Crippen LogP contribution in [0.5, 0.6) is 0 Å². The van der Waals surface area contributed by atoms with Crippen molar-refractivity contribution in [3.8, 4) is 0 Å². The molecule has 1 atom stereocenters. The highest BCUT2D eigenvalue weighted by atomic mass is 32.2. The molecule has 206 valence electrons. The van der Waals surface area contributed by atoms with Crippen LogP contribution in [0.3, 0.4) is 0 Å². The Balaban J connectivity index is 1.68. The molecular formula is C30H40N2O5S. The fourth-order valence-corrected chi connectivity index (χ4v) is 5.01. The Bertz CT molecular complexity index is 1070. The van der Waals surface area contributed by atoms with E-state index in [1.54, 1.807) is 24.3 Å². The predicted molar refractivity (Wildman–Crippen MR) is 153 cm³/mol. The molecule has 8 heteroatoms. The smallest absolute Gasteiger partial charge is 0.327 e. The fraction of sp³-hybridized carbons (Fsp3) is 0.467. The Morgan fingerprint density at radius 3 is 2.08 bits per heavy atom. The highest BCUT2D eigenvalue weighted by molar-refractivity contribution is 7.99. The van der Waals surface area contributed by atoms with E-state index < -0.39 is 17.9 Å². The van der Waals surface area contributed by atoms with Crippen LogP contribution in [-0.2, 0) is 9.59 Å². The number of hydrogen-bond acceptors (Lipinski definition) is 5. The van der Waals surface area contributed by atoms with Crippen LogP contribution in [0.25, 0.3) is 0 Å². The predicted octanol–water partition coefficient (Wildman–Crippen LogP) is 5.78. The van der Waals surface area contributed by atoms with Crippen molar-refractivity contribution < 1.29 is 24.3 Å². The zero-order valence-corrected chi connectivity index (χ0v) is 23.7. The Morgan fingerprint density at radius 2 is 1.50 bits per heavy atom. The molecule has 0 saturated heterocycles. The number of allylic oxidation sites excluding steroid dienone is 5. The first-order valence-electron chi connectivity index (χ1n) is 13.1. The number of aliphatic carboxylic acids is 1. The van der Waals surface area contributed by atoms with Gasteiger partial charge in [-0.2, -0.15) is 11.8 Å². The van der Waals surface area contributed by atoms with E-state index in [4.69, 9.17) is 0 Å². The van der Waals surface area contributed by atoms with E-state index in [1.165, 1.54) is 28.5 Å². The number of carboxylic acid groups (broad SMARTS) is 1. The van der Waals surface area contributed by atoms with Gasteiger partial charge in [0.1, 0.15) is 6.04 Å². The molecule has 0 aliphatic carbocycles. The summed E-state index contributed by atoms with van der Waals surface area (Å²) in [4.78, 5) is 49.9. The standard InChI is InChI=1S/C30H40N2O5S/c1-21(2)10-7-11-22(3)12-8-13-23(4)17-19-38-20-26(30(36)37)31-27(33)16-9-18-32-28(34)24-14-5-6-15-25(24)29(32)35/h5-6,10,12,14-15,17,26H,7-9,11,13,16,18-20H2,1-4H3,(H,31,33)(H,36,37)/b22-12+,23-17+/t26-/m0/s1. The lowest BCUT2D eigenvalue weighted by atomic mass is 10.1. The molecule has 38 heavy (non-hydrogen) atoms. The van der Waals surface area contributed by atoms with Crippen LogP contribution in [0.15, 0.2) is 59.2 Å². The van der Waals surface area contributed by atoms with E-state index in [9.17, 15) is 24.3 Å². The number of nitrogens with zero attached hydrogens (tertiary/aromatic N) is 1. The van der Waals surface area contributed by atoms with Crippen LogP contribution in [-0.4, -0.2) is 57.8 Å². The number of imide groups is 1. The second-order valence-electron chi connectivity index (χ2n) is 9.87. The van der Waals surface area contributed by atoms with Crippen molar-refractivity contribution in [2.45, 2.75) is 72.3 Å². The summed E-state index contributed by atoms with van der Waals surface area (Å²) >= 11 is 1.46. The van der Waals surface area contributed by atoms with Crippen molar-refractivity contribution in [1.82, 2.24) is 10.2 Å². The Morgan fingerprint density at radius 1 is 0.921 bits per heavy atom. The summed E-state index contributed by atoms with van der Waals surface area (Å²) in [6.45, 7) is 8.58. The average molecular weight is 541 g/mol. The van der Waals surface area contributed by atoms with Crippen LogP contribution in [0.1, 0.15) is 86.9 Å². The molecule has 2 rings (SSSR count). The van der Waals surface area contributed by atoms with Crippen molar-refractivity contribution >= 4 is 35.5 Å². The van der Waals surface area contributed by atoms with E-state index in [-0.39, 0.29) is 37.0 Å². The number of carbonyl (C=O) groups is 4. The second kappa shape index (κ2) is 16.0. The highest BCUT2D eigenvalue weighted by Gasteiger charge is 2.34. The van der Waals surface area contributed by atoms with Crippen LogP contribution >= 0.6 is 11.8 Å². The SMILES string of the molecule is CC(C)=CCC/C(C)=C/CC/C(C)=C/CSC[C@H](NC(=O)CCCN1C(=O)c2ccccc2C1=O)C(=O)O. The minimum absolute atomic E-state index is 0.0299. The number of rotatable bonds is 16. The lowest BCUT2D eigenvalue weighted by Gasteiger charge is -2.16. The third kappa shape index (κ3) is 10.3. The minimum atomic E-state index is -1.08. The monoisotopic (exact) mass is 540 g/mol. The molecule has 0 radical (unpaired) electrons. The van der Waals surface area contributed by atoms with Crippen LogP contribution in [0, 0.1) is 0 Å². The van der Waals surface area contributed by atoms with Crippen LogP contribution in [0.2, 0.25) is 0 Å². The summed E-state index contributed by atoms with van der Waals surface area (Å²) in [5.74, 6) is -1.28. The summed E-state index contributed by atoms with van der Waals surface area (Å²) in [5.41, 5.74) is 4.74. The van der Waals surface area contributed by atoms with E-state index in [0.29, 0.717) is 16.9 Å². The van der Waals surface area contributed by atoms with Gasteiger partial charge in [0.25, 0.3) is 11.8 Å². The van der Waals surface area contributed by atoms with Crippen LogP contribution in [0.4, 0.5) is 0 Å². The van der Waals surface area contributed by atoms with Crippen molar-refractivity contribution in [2.75, 3.05) is 18.1 Å². The van der Waals surface area contributed by atoms with E-state index in [0.717, 1.165) is 30.6 Å². The third-order valence-electron chi connectivity index (χ3n) is 6.25. The van der Waals surface area contributed by atoms with E-state index >= 15 is 0 Å². The number of carbonyl (C=O) groups excluding carboxylic acids is 3. The van der Waals surface area contributed by atoms with Crippen LogP contribution < -0.4 is 5.32 Å².